The topological polar surface area (TPSA) is 50.8 Å². The minimum atomic E-state index is -0.329. The summed E-state index contributed by atoms with van der Waals surface area (Å²) in [7, 11) is 4.10. The molecule has 1 fully saturated rings. The van der Waals surface area contributed by atoms with Gasteiger partial charge in [0.1, 0.15) is 6.61 Å². The van der Waals surface area contributed by atoms with Gasteiger partial charge in [-0.15, -0.1) is 0 Å². The molecule has 0 aromatic heterocycles. The van der Waals surface area contributed by atoms with Gasteiger partial charge >= 0.3 is 6.09 Å². The van der Waals surface area contributed by atoms with Crippen LogP contribution in [0.5, 0.6) is 0 Å². The van der Waals surface area contributed by atoms with Gasteiger partial charge in [-0.1, -0.05) is 44.6 Å². The number of ether oxygens (including phenoxy) is 2. The summed E-state index contributed by atoms with van der Waals surface area (Å²) in [6.45, 7) is 10.4. The van der Waals surface area contributed by atoms with E-state index < -0.39 is 0 Å². The molecule has 2 bridgehead atoms. The Morgan fingerprint density at radius 3 is 2.59 bits per heavy atom. The Hall–Kier alpha value is -2.01. The number of carbonyl (C=O) groups is 1. The Balaban J connectivity index is 1.81. The molecule has 0 unspecified atom stereocenters. The molecule has 5 atom stereocenters. The van der Waals surface area contributed by atoms with Gasteiger partial charge in [0.15, 0.2) is 0 Å². The summed E-state index contributed by atoms with van der Waals surface area (Å²) in [4.78, 5) is 14.2. The van der Waals surface area contributed by atoms with E-state index >= 15 is 0 Å². The third-order valence-electron chi connectivity index (χ3n) is 6.98. The number of carbonyl (C=O) groups excluding carboxylic acids is 1. The maximum absolute atomic E-state index is 12.1. The second-order valence-electron chi connectivity index (χ2n) is 8.97. The van der Waals surface area contributed by atoms with Crippen LogP contribution >= 0.6 is 0 Å². The SMILES string of the molecule is CCCNC(=O)OC[C@]12CO[C@H](c3ccc(N(C)C)cc3)[C@H](C(C)=C[C@@H]1C)[C@H]2C. The summed E-state index contributed by atoms with van der Waals surface area (Å²) >= 11 is 0. The molecule has 3 rings (SSSR count). The van der Waals surface area contributed by atoms with E-state index in [2.05, 4.69) is 75.4 Å². The number of benzene rings is 1. The number of anilines is 1. The number of hydrogen-bond donors (Lipinski definition) is 1. The lowest BCUT2D eigenvalue weighted by atomic mass is 9.56. The highest BCUT2D eigenvalue weighted by molar-refractivity contribution is 5.67. The van der Waals surface area contributed by atoms with Crippen LogP contribution in [0.1, 0.15) is 45.8 Å². The van der Waals surface area contributed by atoms with Crippen LogP contribution in [0.15, 0.2) is 35.9 Å². The summed E-state index contributed by atoms with van der Waals surface area (Å²) in [5, 5.41) is 2.81. The van der Waals surface area contributed by atoms with Crippen LogP contribution < -0.4 is 10.2 Å². The van der Waals surface area contributed by atoms with Crippen molar-refractivity contribution in [2.45, 2.75) is 40.2 Å². The first kappa shape index (κ1) is 21.7. The quantitative estimate of drug-likeness (QED) is 0.697. The lowest BCUT2D eigenvalue weighted by Crippen LogP contribution is -2.54. The zero-order chi connectivity index (χ0) is 21.2. The molecule has 160 valence electrons. The van der Waals surface area contributed by atoms with Crippen LogP contribution in [-0.2, 0) is 9.47 Å². The second kappa shape index (κ2) is 8.78. The molecule has 5 nitrogen and oxygen atoms in total. The Labute approximate surface area is 175 Å². The van der Waals surface area contributed by atoms with E-state index in [-0.39, 0.29) is 23.5 Å². The minimum absolute atomic E-state index is 0.0343. The van der Waals surface area contributed by atoms with E-state index in [0.29, 0.717) is 31.6 Å². The fraction of sp³-hybridized carbons (Fsp3) is 0.625. The van der Waals surface area contributed by atoms with Gasteiger partial charge in [0.2, 0.25) is 0 Å². The molecule has 1 amide bonds. The van der Waals surface area contributed by atoms with Crippen molar-refractivity contribution in [2.24, 2.45) is 23.2 Å². The highest BCUT2D eigenvalue weighted by atomic mass is 16.6. The number of fused-ring (bicyclic) bond motifs is 2. The van der Waals surface area contributed by atoms with Gasteiger partial charge in [-0.3, -0.25) is 0 Å². The summed E-state index contributed by atoms with van der Waals surface area (Å²) < 4.78 is 12.1. The predicted octanol–water partition coefficient (Wildman–Crippen LogP) is 4.79. The average molecular weight is 401 g/mol. The van der Waals surface area contributed by atoms with Crippen molar-refractivity contribution in [3.05, 3.63) is 41.5 Å². The van der Waals surface area contributed by atoms with Crippen LogP contribution in [0.4, 0.5) is 10.5 Å². The number of hydrogen-bond acceptors (Lipinski definition) is 4. The molecular formula is C24H36N2O3. The fourth-order valence-corrected chi connectivity index (χ4v) is 5.00. The molecule has 1 saturated heterocycles. The van der Waals surface area contributed by atoms with Gasteiger partial charge in [0.25, 0.3) is 0 Å². The molecule has 1 aliphatic carbocycles. The molecule has 0 saturated carbocycles. The van der Waals surface area contributed by atoms with Crippen LogP contribution in [0.25, 0.3) is 0 Å². The van der Waals surface area contributed by atoms with Gasteiger partial charge in [-0.25, -0.2) is 4.79 Å². The number of nitrogens with zero attached hydrogens (tertiary/aromatic N) is 1. The average Bonchev–Trinajstić information content (AvgIpc) is 2.70. The van der Waals surface area contributed by atoms with Crippen molar-refractivity contribution in [1.82, 2.24) is 5.32 Å². The number of amides is 1. The zero-order valence-electron chi connectivity index (χ0n) is 18.7. The first-order valence-electron chi connectivity index (χ1n) is 10.8. The maximum atomic E-state index is 12.1. The van der Waals surface area contributed by atoms with E-state index in [0.717, 1.165) is 6.42 Å². The first-order valence-corrected chi connectivity index (χ1v) is 10.8. The van der Waals surface area contributed by atoms with Crippen LogP contribution in [0, 0.1) is 23.2 Å². The van der Waals surface area contributed by atoms with Gasteiger partial charge < -0.3 is 19.7 Å². The lowest BCUT2D eigenvalue weighted by Gasteiger charge is -2.55. The van der Waals surface area contributed by atoms with Crippen molar-refractivity contribution < 1.29 is 14.3 Å². The van der Waals surface area contributed by atoms with Crippen molar-refractivity contribution in [1.29, 1.82) is 0 Å². The van der Waals surface area contributed by atoms with E-state index in [1.54, 1.807) is 0 Å². The Morgan fingerprint density at radius 1 is 1.28 bits per heavy atom. The smallest absolute Gasteiger partial charge is 0.407 e. The molecule has 1 aromatic carbocycles. The summed E-state index contributed by atoms with van der Waals surface area (Å²) in [5.41, 5.74) is 3.58. The van der Waals surface area contributed by atoms with Crippen molar-refractivity contribution in [3.8, 4) is 0 Å². The molecule has 1 aliphatic heterocycles. The monoisotopic (exact) mass is 400 g/mol. The highest BCUT2D eigenvalue weighted by Gasteiger charge is 2.54. The normalized spacial score (nSPS) is 31.0. The Bertz CT molecular complexity index is 743. The minimum Gasteiger partial charge on any atom is -0.449 e. The molecule has 2 aliphatic rings. The standard InChI is InChI=1S/C24H36N2O3/c1-7-12-25-23(27)29-15-24-14-28-22(19-8-10-20(11-9-19)26(5)6)21(18(24)4)16(2)13-17(24)3/h8-11,13,17-18,21-22H,7,12,14-15H2,1-6H3,(H,25,27)/t17-,18+,21+,22+,24+/m0/s1. The van der Waals surface area contributed by atoms with E-state index in [1.165, 1.54) is 16.8 Å². The first-order chi connectivity index (χ1) is 13.8. The number of allylic oxidation sites excluding steroid dienone is 1. The van der Waals surface area contributed by atoms with Crippen LogP contribution in [-0.4, -0.2) is 39.9 Å². The van der Waals surface area contributed by atoms with Gasteiger partial charge in [0.05, 0.1) is 12.7 Å². The Kier molecular flexibility index (Phi) is 6.57. The van der Waals surface area contributed by atoms with Crippen LogP contribution in [0.2, 0.25) is 0 Å². The van der Waals surface area contributed by atoms with Gasteiger partial charge in [-0.2, -0.15) is 0 Å². The molecule has 29 heavy (non-hydrogen) atoms. The van der Waals surface area contributed by atoms with E-state index in [1.807, 2.05) is 6.92 Å². The second-order valence-corrected chi connectivity index (χ2v) is 8.97. The van der Waals surface area contributed by atoms with Crippen molar-refractivity contribution in [2.75, 3.05) is 38.8 Å². The van der Waals surface area contributed by atoms with Crippen LogP contribution in [0.3, 0.4) is 0 Å². The lowest BCUT2D eigenvalue weighted by molar-refractivity contribution is -0.165. The fourth-order valence-electron chi connectivity index (χ4n) is 5.00. The molecule has 1 aromatic rings. The number of rotatable bonds is 6. The third kappa shape index (κ3) is 4.16. The summed E-state index contributed by atoms with van der Waals surface area (Å²) in [5.74, 6) is 0.936. The molecule has 0 spiro atoms. The number of alkyl carbamates (subject to hydrolysis) is 1. The Morgan fingerprint density at radius 2 is 1.97 bits per heavy atom. The molecule has 1 heterocycles. The highest BCUT2D eigenvalue weighted by Crippen LogP contribution is 2.56. The van der Waals surface area contributed by atoms with E-state index in [9.17, 15) is 4.79 Å². The molecular weight excluding hydrogens is 364 g/mol. The molecule has 1 N–H and O–H groups in total. The predicted molar refractivity (Wildman–Crippen MR) is 117 cm³/mol. The largest absolute Gasteiger partial charge is 0.449 e. The molecule has 5 heteroatoms. The van der Waals surface area contributed by atoms with Crippen molar-refractivity contribution in [3.63, 3.8) is 0 Å². The van der Waals surface area contributed by atoms with Gasteiger partial charge in [0, 0.05) is 37.7 Å². The van der Waals surface area contributed by atoms with Crippen molar-refractivity contribution >= 4 is 11.8 Å². The summed E-state index contributed by atoms with van der Waals surface area (Å²) in [6, 6.07) is 8.66. The zero-order valence-corrected chi connectivity index (χ0v) is 18.7. The third-order valence-corrected chi connectivity index (χ3v) is 6.98. The number of nitrogens with one attached hydrogen (secondary N) is 1. The molecule has 0 radical (unpaired) electrons. The van der Waals surface area contributed by atoms with E-state index in [4.69, 9.17) is 9.47 Å². The maximum Gasteiger partial charge on any atom is 0.407 e. The van der Waals surface area contributed by atoms with Gasteiger partial charge in [-0.05, 0) is 42.9 Å². The summed E-state index contributed by atoms with van der Waals surface area (Å²) in [6.07, 6.45) is 2.97.